The van der Waals surface area contributed by atoms with Gasteiger partial charge in [0.05, 0.1) is 11.0 Å². The lowest BCUT2D eigenvalue weighted by atomic mass is 10.0. The third-order valence-electron chi connectivity index (χ3n) is 8.97. The zero-order chi connectivity index (χ0) is 28.1. The maximum Gasteiger partial charge on any atom is 0.137 e. The summed E-state index contributed by atoms with van der Waals surface area (Å²) in [5, 5.41) is 9.44. The van der Waals surface area contributed by atoms with Crippen LogP contribution in [-0.2, 0) is 0 Å². The number of aromatic nitrogens is 1. The number of para-hydroxylation sites is 1. The Labute approximate surface area is 245 Å². The number of hydrogen-bond donors (Lipinski definition) is 0. The van der Waals surface area contributed by atoms with Crippen molar-refractivity contribution in [2.24, 2.45) is 0 Å². The van der Waals surface area contributed by atoms with Crippen LogP contribution in [0.25, 0.3) is 93.3 Å². The van der Waals surface area contributed by atoms with Crippen LogP contribution < -0.4 is 0 Å². The summed E-state index contributed by atoms with van der Waals surface area (Å²) in [6.07, 6.45) is 0. The predicted octanol–water partition coefficient (Wildman–Crippen LogP) is 11.4. The normalized spacial score (nSPS) is 12.2. The third-order valence-corrected chi connectivity index (χ3v) is 8.97. The average Bonchev–Trinajstić information content (AvgIpc) is 3.72. The van der Waals surface area contributed by atoms with Gasteiger partial charge < -0.3 is 13.4 Å². The molecular weight excluding hydrogens is 526 g/mol. The van der Waals surface area contributed by atoms with Gasteiger partial charge in [0.1, 0.15) is 22.3 Å². The molecule has 0 bridgehead atoms. The molecule has 0 aliphatic heterocycles. The van der Waals surface area contributed by atoms with Gasteiger partial charge in [0.2, 0.25) is 0 Å². The summed E-state index contributed by atoms with van der Waals surface area (Å²) >= 11 is 0. The maximum atomic E-state index is 6.58. The van der Waals surface area contributed by atoms with E-state index in [1.54, 1.807) is 0 Å². The van der Waals surface area contributed by atoms with Gasteiger partial charge in [-0.25, -0.2) is 0 Å². The number of fused-ring (bicyclic) bond motifs is 11. The van der Waals surface area contributed by atoms with E-state index in [4.69, 9.17) is 8.83 Å². The Morgan fingerprint density at radius 1 is 0.372 bits per heavy atom. The van der Waals surface area contributed by atoms with E-state index in [0.29, 0.717) is 0 Å². The second-order valence-electron chi connectivity index (χ2n) is 11.3. The number of nitrogens with zero attached hydrogens (tertiary/aromatic N) is 1. The van der Waals surface area contributed by atoms with Crippen molar-refractivity contribution in [2.45, 2.75) is 0 Å². The molecule has 3 heterocycles. The number of furan rings is 2. The van der Waals surface area contributed by atoms with Crippen LogP contribution in [0.2, 0.25) is 0 Å². The predicted molar refractivity (Wildman–Crippen MR) is 178 cm³/mol. The van der Waals surface area contributed by atoms with Crippen LogP contribution in [-0.4, -0.2) is 4.57 Å². The monoisotopic (exact) mass is 549 g/mol. The molecule has 0 amide bonds. The summed E-state index contributed by atoms with van der Waals surface area (Å²) in [5.41, 5.74) is 9.30. The molecule has 0 aliphatic rings. The zero-order valence-corrected chi connectivity index (χ0v) is 23.0. The molecule has 200 valence electrons. The fraction of sp³-hybridized carbons (Fsp3) is 0. The van der Waals surface area contributed by atoms with Crippen molar-refractivity contribution < 1.29 is 8.83 Å². The van der Waals surface area contributed by atoms with E-state index in [1.165, 1.54) is 32.6 Å². The second-order valence-corrected chi connectivity index (χ2v) is 11.3. The van der Waals surface area contributed by atoms with Gasteiger partial charge in [0, 0.05) is 44.1 Å². The molecule has 0 unspecified atom stereocenters. The molecule has 3 aromatic heterocycles. The molecule has 43 heavy (non-hydrogen) atoms. The van der Waals surface area contributed by atoms with E-state index in [1.807, 2.05) is 18.2 Å². The third kappa shape index (κ3) is 3.19. The minimum atomic E-state index is 0.885. The summed E-state index contributed by atoms with van der Waals surface area (Å²) in [4.78, 5) is 0. The van der Waals surface area contributed by atoms with Crippen molar-refractivity contribution in [2.75, 3.05) is 0 Å². The van der Waals surface area contributed by atoms with Crippen LogP contribution in [0.3, 0.4) is 0 Å². The Bertz CT molecular complexity index is 2720. The molecule has 0 spiro atoms. The molecule has 3 nitrogen and oxygen atoms in total. The molecule has 0 saturated carbocycles. The Hall–Kier alpha value is -5.80. The first kappa shape index (κ1) is 22.8. The van der Waals surface area contributed by atoms with Crippen molar-refractivity contribution in [3.05, 3.63) is 140 Å². The molecule has 0 N–H and O–H groups in total. The highest BCUT2D eigenvalue weighted by Crippen LogP contribution is 2.42. The zero-order valence-electron chi connectivity index (χ0n) is 23.0. The number of hydrogen-bond acceptors (Lipinski definition) is 2. The minimum Gasteiger partial charge on any atom is -0.456 e. The van der Waals surface area contributed by atoms with Crippen LogP contribution in [0.1, 0.15) is 0 Å². The number of rotatable bonds is 2. The molecule has 0 aliphatic carbocycles. The smallest absolute Gasteiger partial charge is 0.137 e. The Morgan fingerprint density at radius 2 is 1.09 bits per heavy atom. The summed E-state index contributed by atoms with van der Waals surface area (Å²) < 4.78 is 15.1. The second kappa shape index (κ2) is 8.37. The maximum absolute atomic E-state index is 6.58. The van der Waals surface area contributed by atoms with E-state index in [0.717, 1.165) is 60.6 Å². The lowest BCUT2D eigenvalue weighted by Gasteiger charge is -2.08. The van der Waals surface area contributed by atoms with Crippen LogP contribution in [0, 0.1) is 0 Å². The van der Waals surface area contributed by atoms with Crippen LogP contribution >= 0.6 is 0 Å². The lowest BCUT2D eigenvalue weighted by molar-refractivity contribution is 0.668. The van der Waals surface area contributed by atoms with Gasteiger partial charge >= 0.3 is 0 Å². The standard InChI is InChI=1S/C40H23NO2/c1-2-8-24(9-3-1)26-14-17-30-32-22-33-35(23-39(32)43-38(30)20-26)41(34-18-15-25-10-4-5-11-28(25)40(33)34)27-16-19-37-31(21-27)29-12-6-7-13-36(29)42-37/h1-23H. The molecule has 0 atom stereocenters. The fourth-order valence-corrected chi connectivity index (χ4v) is 7.00. The first-order chi connectivity index (χ1) is 21.3. The number of benzene rings is 7. The molecule has 0 radical (unpaired) electrons. The van der Waals surface area contributed by atoms with Crippen molar-refractivity contribution in [1.82, 2.24) is 4.57 Å². The van der Waals surface area contributed by atoms with Gasteiger partial charge in [-0.15, -0.1) is 0 Å². The largest absolute Gasteiger partial charge is 0.456 e. The average molecular weight is 550 g/mol. The Balaban J connectivity index is 1.31. The van der Waals surface area contributed by atoms with Crippen molar-refractivity contribution in [3.8, 4) is 16.8 Å². The highest BCUT2D eigenvalue weighted by atomic mass is 16.3. The molecular formula is C40H23NO2. The van der Waals surface area contributed by atoms with E-state index >= 15 is 0 Å². The SMILES string of the molecule is c1ccc(-c2ccc3c(c2)oc2cc4c(cc23)c2c3ccccc3ccc2n4-c2ccc3oc4ccccc4c3c2)cc1. The summed E-state index contributed by atoms with van der Waals surface area (Å²) in [6, 6.07) is 49.5. The van der Waals surface area contributed by atoms with Crippen LogP contribution in [0.15, 0.2) is 148 Å². The van der Waals surface area contributed by atoms with Gasteiger partial charge in [0.25, 0.3) is 0 Å². The topological polar surface area (TPSA) is 31.2 Å². The Morgan fingerprint density at radius 3 is 2.02 bits per heavy atom. The van der Waals surface area contributed by atoms with Gasteiger partial charge in [-0.2, -0.15) is 0 Å². The van der Waals surface area contributed by atoms with E-state index in [9.17, 15) is 0 Å². The Kier molecular flexibility index (Phi) is 4.45. The van der Waals surface area contributed by atoms with Crippen molar-refractivity contribution in [1.29, 1.82) is 0 Å². The van der Waals surface area contributed by atoms with Gasteiger partial charge in [-0.3, -0.25) is 0 Å². The first-order valence-electron chi connectivity index (χ1n) is 14.6. The highest BCUT2D eigenvalue weighted by Gasteiger charge is 2.19. The van der Waals surface area contributed by atoms with Gasteiger partial charge in [-0.05, 0) is 70.4 Å². The van der Waals surface area contributed by atoms with E-state index in [2.05, 4.69) is 126 Å². The van der Waals surface area contributed by atoms with Gasteiger partial charge in [0.15, 0.2) is 0 Å². The van der Waals surface area contributed by atoms with Gasteiger partial charge in [-0.1, -0.05) is 84.9 Å². The fourth-order valence-electron chi connectivity index (χ4n) is 7.00. The summed E-state index contributed by atoms with van der Waals surface area (Å²) in [5.74, 6) is 0. The molecule has 10 aromatic rings. The summed E-state index contributed by atoms with van der Waals surface area (Å²) in [7, 11) is 0. The quantitative estimate of drug-likeness (QED) is 0.215. The van der Waals surface area contributed by atoms with Crippen molar-refractivity contribution in [3.63, 3.8) is 0 Å². The van der Waals surface area contributed by atoms with Crippen LogP contribution in [0.4, 0.5) is 0 Å². The molecule has 0 saturated heterocycles. The van der Waals surface area contributed by atoms with E-state index in [-0.39, 0.29) is 0 Å². The van der Waals surface area contributed by atoms with E-state index < -0.39 is 0 Å². The molecule has 10 rings (SSSR count). The molecule has 3 heteroatoms. The summed E-state index contributed by atoms with van der Waals surface area (Å²) in [6.45, 7) is 0. The minimum absolute atomic E-state index is 0.885. The highest BCUT2D eigenvalue weighted by molar-refractivity contribution is 6.24. The lowest BCUT2D eigenvalue weighted by Crippen LogP contribution is -1.93. The molecule has 0 fully saturated rings. The molecule has 7 aromatic carbocycles. The first-order valence-corrected chi connectivity index (χ1v) is 14.6. The van der Waals surface area contributed by atoms with Crippen LogP contribution in [0.5, 0.6) is 0 Å². The van der Waals surface area contributed by atoms with Crippen molar-refractivity contribution >= 4 is 76.5 Å².